The first-order chi connectivity index (χ1) is 12.1. The topological polar surface area (TPSA) is 42.0 Å². The summed E-state index contributed by atoms with van der Waals surface area (Å²) >= 11 is 13.7. The highest BCUT2D eigenvalue weighted by molar-refractivity contribution is 7.98. The SMILES string of the molecule is O=C(Nc1ccc(SCc2ccccc2Cl)cc1)c1cccc(Cl)n1. The summed E-state index contributed by atoms with van der Waals surface area (Å²) in [6, 6.07) is 20.4. The molecule has 1 aromatic heterocycles. The van der Waals surface area contributed by atoms with Crippen LogP contribution in [0.3, 0.4) is 0 Å². The summed E-state index contributed by atoms with van der Waals surface area (Å²) in [5.41, 5.74) is 2.08. The number of nitrogens with zero attached hydrogens (tertiary/aromatic N) is 1. The van der Waals surface area contributed by atoms with Gasteiger partial charge in [-0.05, 0) is 48.0 Å². The molecule has 1 amide bonds. The molecule has 6 heteroatoms. The fraction of sp³-hybridized carbons (Fsp3) is 0.0526. The van der Waals surface area contributed by atoms with Crippen molar-refractivity contribution in [2.24, 2.45) is 0 Å². The van der Waals surface area contributed by atoms with Crippen molar-refractivity contribution >= 4 is 46.6 Å². The van der Waals surface area contributed by atoms with Gasteiger partial charge in [-0.25, -0.2) is 4.98 Å². The molecule has 0 aliphatic heterocycles. The Morgan fingerprint density at radius 2 is 1.72 bits per heavy atom. The molecule has 0 aliphatic carbocycles. The number of rotatable bonds is 5. The lowest BCUT2D eigenvalue weighted by Gasteiger charge is -2.07. The Morgan fingerprint density at radius 1 is 0.960 bits per heavy atom. The molecule has 25 heavy (non-hydrogen) atoms. The Hall–Kier alpha value is -2.01. The Morgan fingerprint density at radius 3 is 2.44 bits per heavy atom. The largest absolute Gasteiger partial charge is 0.321 e. The Bertz CT molecular complexity index is 885. The van der Waals surface area contributed by atoms with Crippen LogP contribution in [-0.2, 0) is 5.75 Å². The molecule has 1 heterocycles. The molecule has 3 rings (SSSR count). The number of carbonyl (C=O) groups excluding carboxylic acids is 1. The second-order valence-corrected chi connectivity index (χ2v) is 7.05. The van der Waals surface area contributed by atoms with Crippen molar-refractivity contribution in [3.05, 3.63) is 88.2 Å². The average molecular weight is 389 g/mol. The number of pyridine rings is 1. The number of hydrogen-bond donors (Lipinski definition) is 1. The minimum absolute atomic E-state index is 0.282. The molecule has 126 valence electrons. The zero-order chi connectivity index (χ0) is 17.6. The number of carbonyl (C=O) groups is 1. The molecule has 0 radical (unpaired) electrons. The normalized spacial score (nSPS) is 10.5. The van der Waals surface area contributed by atoms with Crippen molar-refractivity contribution in [3.63, 3.8) is 0 Å². The highest BCUT2D eigenvalue weighted by atomic mass is 35.5. The summed E-state index contributed by atoms with van der Waals surface area (Å²) in [6.45, 7) is 0. The summed E-state index contributed by atoms with van der Waals surface area (Å²) in [6.07, 6.45) is 0. The van der Waals surface area contributed by atoms with Crippen LogP contribution in [0.1, 0.15) is 16.1 Å². The summed E-state index contributed by atoms with van der Waals surface area (Å²) in [5.74, 6) is 0.497. The smallest absolute Gasteiger partial charge is 0.274 e. The lowest BCUT2D eigenvalue weighted by Crippen LogP contribution is -2.13. The van der Waals surface area contributed by atoms with Gasteiger partial charge in [-0.15, -0.1) is 11.8 Å². The highest BCUT2D eigenvalue weighted by Crippen LogP contribution is 2.27. The van der Waals surface area contributed by atoms with Crippen LogP contribution in [0.15, 0.2) is 71.6 Å². The predicted molar refractivity (Wildman–Crippen MR) is 105 cm³/mol. The number of benzene rings is 2. The summed E-state index contributed by atoms with van der Waals surface area (Å²) in [7, 11) is 0. The van der Waals surface area contributed by atoms with Crippen LogP contribution >= 0.6 is 35.0 Å². The molecule has 0 unspecified atom stereocenters. The molecule has 0 atom stereocenters. The van der Waals surface area contributed by atoms with Gasteiger partial charge in [0.1, 0.15) is 10.8 Å². The van der Waals surface area contributed by atoms with Crippen LogP contribution in [0.4, 0.5) is 5.69 Å². The van der Waals surface area contributed by atoms with Crippen LogP contribution < -0.4 is 5.32 Å². The number of amides is 1. The van der Waals surface area contributed by atoms with Gasteiger partial charge in [0, 0.05) is 21.4 Å². The van der Waals surface area contributed by atoms with Gasteiger partial charge in [-0.2, -0.15) is 0 Å². The molecular weight excluding hydrogens is 375 g/mol. The van der Waals surface area contributed by atoms with E-state index in [1.807, 2.05) is 48.5 Å². The van der Waals surface area contributed by atoms with Gasteiger partial charge in [0.15, 0.2) is 0 Å². The van der Waals surface area contributed by atoms with E-state index < -0.39 is 0 Å². The van der Waals surface area contributed by atoms with Crippen molar-refractivity contribution < 1.29 is 4.79 Å². The fourth-order valence-corrected chi connectivity index (χ4v) is 3.49. The lowest BCUT2D eigenvalue weighted by molar-refractivity contribution is 0.102. The maximum Gasteiger partial charge on any atom is 0.274 e. The first-order valence-corrected chi connectivity index (χ1v) is 9.26. The zero-order valence-electron chi connectivity index (χ0n) is 13.1. The molecule has 3 aromatic rings. The highest BCUT2D eigenvalue weighted by Gasteiger charge is 2.08. The molecule has 0 bridgehead atoms. The van der Waals surface area contributed by atoms with Crippen molar-refractivity contribution in [1.29, 1.82) is 0 Å². The average Bonchev–Trinajstić information content (AvgIpc) is 2.62. The van der Waals surface area contributed by atoms with Crippen molar-refractivity contribution in [2.75, 3.05) is 5.32 Å². The van der Waals surface area contributed by atoms with Crippen molar-refractivity contribution in [2.45, 2.75) is 10.6 Å². The van der Waals surface area contributed by atoms with Crippen LogP contribution in [0.2, 0.25) is 10.2 Å². The quantitative estimate of drug-likeness (QED) is 0.434. The van der Waals surface area contributed by atoms with Gasteiger partial charge in [-0.1, -0.05) is 47.5 Å². The second-order valence-electron chi connectivity index (χ2n) is 5.20. The number of hydrogen-bond acceptors (Lipinski definition) is 3. The van der Waals surface area contributed by atoms with Gasteiger partial charge in [0.25, 0.3) is 5.91 Å². The number of anilines is 1. The lowest BCUT2D eigenvalue weighted by atomic mass is 10.2. The molecule has 2 aromatic carbocycles. The standard InChI is InChI=1S/C19H14Cl2N2OS/c20-16-5-2-1-4-13(16)12-25-15-10-8-14(9-11-15)22-19(24)17-6-3-7-18(21)23-17/h1-11H,12H2,(H,22,24). The third-order valence-electron chi connectivity index (χ3n) is 3.41. The van der Waals surface area contributed by atoms with E-state index in [2.05, 4.69) is 10.3 Å². The maximum absolute atomic E-state index is 12.1. The third kappa shape index (κ3) is 4.98. The van der Waals surface area contributed by atoms with Crippen LogP contribution in [0, 0.1) is 0 Å². The van der Waals surface area contributed by atoms with Gasteiger partial charge < -0.3 is 5.32 Å². The minimum Gasteiger partial charge on any atom is -0.321 e. The van der Waals surface area contributed by atoms with Crippen molar-refractivity contribution in [3.8, 4) is 0 Å². The number of halogens is 2. The number of thioether (sulfide) groups is 1. The zero-order valence-corrected chi connectivity index (χ0v) is 15.4. The Balaban J connectivity index is 1.60. The van der Waals surface area contributed by atoms with E-state index >= 15 is 0 Å². The van der Waals surface area contributed by atoms with E-state index in [1.54, 1.807) is 30.0 Å². The van der Waals surface area contributed by atoms with Crippen molar-refractivity contribution in [1.82, 2.24) is 4.98 Å². The molecule has 0 spiro atoms. The first-order valence-electron chi connectivity index (χ1n) is 7.52. The minimum atomic E-state index is -0.293. The van der Waals surface area contributed by atoms with Gasteiger partial charge in [-0.3, -0.25) is 4.79 Å². The molecule has 0 saturated heterocycles. The Labute approximate surface area is 160 Å². The molecule has 0 fully saturated rings. The maximum atomic E-state index is 12.1. The second kappa shape index (κ2) is 8.39. The number of aromatic nitrogens is 1. The molecular formula is C19H14Cl2N2OS. The predicted octanol–water partition coefficient (Wildman–Crippen LogP) is 5.93. The summed E-state index contributed by atoms with van der Waals surface area (Å²) in [5, 5.41) is 3.87. The van der Waals surface area contributed by atoms with Gasteiger partial charge >= 0.3 is 0 Å². The van der Waals surface area contributed by atoms with E-state index in [9.17, 15) is 4.79 Å². The van der Waals surface area contributed by atoms with E-state index in [0.29, 0.717) is 10.8 Å². The molecule has 0 saturated carbocycles. The monoisotopic (exact) mass is 388 g/mol. The van der Waals surface area contributed by atoms with Crippen LogP contribution in [0.25, 0.3) is 0 Å². The first kappa shape index (κ1) is 17.8. The van der Waals surface area contributed by atoms with E-state index in [1.165, 1.54) is 0 Å². The van der Waals surface area contributed by atoms with E-state index in [4.69, 9.17) is 23.2 Å². The molecule has 1 N–H and O–H groups in total. The molecule has 0 aliphatic rings. The van der Waals surface area contributed by atoms with E-state index in [-0.39, 0.29) is 11.6 Å². The number of nitrogens with one attached hydrogen (secondary N) is 1. The molecule has 3 nitrogen and oxygen atoms in total. The third-order valence-corrected chi connectivity index (χ3v) is 5.05. The van der Waals surface area contributed by atoms with Gasteiger partial charge in [0.2, 0.25) is 0 Å². The summed E-state index contributed by atoms with van der Waals surface area (Å²) in [4.78, 5) is 17.2. The van der Waals surface area contributed by atoms with Crippen LogP contribution in [0.5, 0.6) is 0 Å². The van der Waals surface area contributed by atoms with Gasteiger partial charge in [0.05, 0.1) is 0 Å². The van der Waals surface area contributed by atoms with E-state index in [0.717, 1.165) is 21.2 Å². The Kier molecular flexibility index (Phi) is 5.97. The fourth-order valence-electron chi connectivity index (χ4n) is 2.14. The van der Waals surface area contributed by atoms with Crippen LogP contribution in [-0.4, -0.2) is 10.9 Å². The summed E-state index contributed by atoms with van der Waals surface area (Å²) < 4.78 is 0.